The van der Waals surface area contributed by atoms with Gasteiger partial charge in [0.2, 0.25) is 0 Å². The Balaban J connectivity index is 2.50. The number of fused-ring (bicyclic) bond motifs is 1. The average Bonchev–Trinajstić information content (AvgIpc) is 2.44. The third kappa shape index (κ3) is 1.55. The first-order valence-corrected chi connectivity index (χ1v) is 5.41. The Hall–Kier alpha value is -1.62. The minimum atomic E-state index is -1.54. The number of carboxylic acid groups (broad SMARTS) is 1. The predicted molar refractivity (Wildman–Crippen MR) is 54.7 cm³/mol. The highest BCUT2D eigenvalue weighted by atomic mass is 32.2. The molecule has 1 atom stereocenters. The molecule has 1 aromatic rings. The Labute approximate surface area is 88.3 Å². The quantitative estimate of drug-likeness (QED) is 0.798. The lowest BCUT2D eigenvalue weighted by molar-refractivity contribution is -0.136. The van der Waals surface area contributed by atoms with Crippen LogP contribution >= 0.6 is 0 Å². The summed E-state index contributed by atoms with van der Waals surface area (Å²) in [4.78, 5) is 11.1. The predicted octanol–water partition coefficient (Wildman–Crippen LogP) is 1.51. The largest absolute Gasteiger partial charge is 0.506 e. The Morgan fingerprint density at radius 1 is 1.33 bits per heavy atom. The van der Waals surface area contributed by atoms with Gasteiger partial charge in [0.05, 0.1) is 27.0 Å². The van der Waals surface area contributed by atoms with Gasteiger partial charge in [0.1, 0.15) is 5.76 Å². The summed E-state index contributed by atoms with van der Waals surface area (Å²) in [5.74, 6) is -1.26. The molecule has 78 valence electrons. The number of carboxylic acids is 1. The number of carbonyl (C=O) groups is 1. The number of rotatable bonds is 2. The van der Waals surface area contributed by atoms with E-state index in [9.17, 15) is 14.1 Å². The van der Waals surface area contributed by atoms with Crippen LogP contribution in [0.5, 0.6) is 0 Å². The van der Waals surface area contributed by atoms with E-state index >= 15 is 0 Å². The van der Waals surface area contributed by atoms with Crippen LogP contribution in [-0.2, 0) is 15.6 Å². The normalized spacial score (nSPS) is 19.1. The fourth-order valence-electron chi connectivity index (χ4n) is 1.48. The zero-order chi connectivity index (χ0) is 11.0. The second-order valence-electron chi connectivity index (χ2n) is 3.11. The molecule has 1 aromatic carbocycles. The van der Waals surface area contributed by atoms with Crippen LogP contribution in [0, 0.1) is 0 Å². The maximum atomic E-state index is 11.8. The van der Waals surface area contributed by atoms with Crippen molar-refractivity contribution in [1.82, 2.24) is 0 Å². The van der Waals surface area contributed by atoms with Crippen molar-refractivity contribution in [2.24, 2.45) is 0 Å². The summed E-state index contributed by atoms with van der Waals surface area (Å²) in [7, 11) is -1.54. The molecule has 15 heavy (non-hydrogen) atoms. The molecular formula is C10H8O4S. The number of benzene rings is 1. The number of aliphatic carboxylic acids is 1. The molecule has 0 saturated heterocycles. The third-order valence-electron chi connectivity index (χ3n) is 2.14. The minimum absolute atomic E-state index is 0.0729. The summed E-state index contributed by atoms with van der Waals surface area (Å²) in [6, 6.07) is 6.65. The van der Waals surface area contributed by atoms with Gasteiger partial charge in [-0.15, -0.1) is 0 Å². The van der Waals surface area contributed by atoms with Crippen LogP contribution in [0.2, 0.25) is 0 Å². The first-order chi connectivity index (χ1) is 7.11. The number of aliphatic hydroxyl groups excluding tert-OH is 1. The van der Waals surface area contributed by atoms with Gasteiger partial charge in [-0.25, -0.2) is 4.21 Å². The van der Waals surface area contributed by atoms with Gasteiger partial charge in [-0.2, -0.15) is 0 Å². The highest BCUT2D eigenvalue weighted by molar-refractivity contribution is 7.89. The third-order valence-corrected chi connectivity index (χ3v) is 3.68. The maximum Gasteiger partial charge on any atom is 0.308 e. The molecule has 1 unspecified atom stereocenters. The first kappa shape index (κ1) is 9.92. The van der Waals surface area contributed by atoms with E-state index < -0.39 is 23.2 Å². The second kappa shape index (κ2) is 3.51. The van der Waals surface area contributed by atoms with Crippen molar-refractivity contribution in [3.63, 3.8) is 0 Å². The van der Waals surface area contributed by atoms with Crippen molar-refractivity contribution in [3.05, 3.63) is 34.7 Å². The fourth-order valence-corrected chi connectivity index (χ4v) is 2.85. The van der Waals surface area contributed by atoms with Crippen LogP contribution in [0.4, 0.5) is 0 Å². The lowest BCUT2D eigenvalue weighted by Crippen LogP contribution is -2.00. The summed E-state index contributed by atoms with van der Waals surface area (Å²) in [6.45, 7) is 0. The molecule has 1 aliphatic heterocycles. The molecule has 1 heterocycles. The number of hydrogen-bond acceptors (Lipinski definition) is 3. The van der Waals surface area contributed by atoms with E-state index in [2.05, 4.69) is 0 Å². The van der Waals surface area contributed by atoms with E-state index in [1.807, 2.05) is 0 Å². The van der Waals surface area contributed by atoms with Gasteiger partial charge in [0.15, 0.2) is 0 Å². The van der Waals surface area contributed by atoms with Crippen LogP contribution in [0.1, 0.15) is 12.0 Å². The Morgan fingerprint density at radius 3 is 2.60 bits per heavy atom. The van der Waals surface area contributed by atoms with Gasteiger partial charge in [-0.3, -0.25) is 4.79 Å². The van der Waals surface area contributed by atoms with Crippen LogP contribution in [0.15, 0.2) is 34.1 Å². The van der Waals surface area contributed by atoms with Crippen LogP contribution in [0.3, 0.4) is 0 Å². The summed E-state index contributed by atoms with van der Waals surface area (Å²) in [5.41, 5.74) is 0.465. The summed E-state index contributed by atoms with van der Waals surface area (Å²) in [5, 5.41) is 18.3. The molecule has 0 amide bonds. The monoisotopic (exact) mass is 224 g/mol. The smallest absolute Gasteiger partial charge is 0.308 e. The molecule has 0 spiro atoms. The van der Waals surface area contributed by atoms with Crippen LogP contribution in [-0.4, -0.2) is 20.4 Å². The molecule has 1 aliphatic rings. The molecule has 0 aromatic heterocycles. The summed E-state index contributed by atoms with van der Waals surface area (Å²) in [6.07, 6.45) is -0.396. The summed E-state index contributed by atoms with van der Waals surface area (Å²) < 4.78 is 11.8. The van der Waals surface area contributed by atoms with Crippen LogP contribution in [0.25, 0.3) is 5.76 Å². The van der Waals surface area contributed by atoms with Gasteiger partial charge in [0, 0.05) is 5.56 Å². The van der Waals surface area contributed by atoms with E-state index in [4.69, 9.17) is 5.11 Å². The molecule has 0 radical (unpaired) electrons. The van der Waals surface area contributed by atoms with E-state index in [0.717, 1.165) is 0 Å². The molecule has 2 N–H and O–H groups in total. The Kier molecular flexibility index (Phi) is 2.32. The molecule has 0 bridgehead atoms. The molecular weight excluding hydrogens is 216 g/mol. The maximum absolute atomic E-state index is 11.8. The average molecular weight is 224 g/mol. The first-order valence-electron chi connectivity index (χ1n) is 4.26. The molecule has 5 heteroatoms. The lowest BCUT2D eigenvalue weighted by Gasteiger charge is -1.96. The molecule has 0 aliphatic carbocycles. The Morgan fingerprint density at radius 2 is 2.00 bits per heavy atom. The lowest BCUT2D eigenvalue weighted by atomic mass is 10.1. The molecule has 0 saturated carbocycles. The topological polar surface area (TPSA) is 74.6 Å². The van der Waals surface area contributed by atoms with E-state index in [-0.39, 0.29) is 10.7 Å². The Bertz CT molecular complexity index is 490. The van der Waals surface area contributed by atoms with Gasteiger partial charge in [-0.05, 0) is 12.1 Å². The molecule has 0 fully saturated rings. The zero-order valence-electron chi connectivity index (χ0n) is 7.64. The minimum Gasteiger partial charge on any atom is -0.506 e. The van der Waals surface area contributed by atoms with E-state index in [0.29, 0.717) is 10.5 Å². The summed E-state index contributed by atoms with van der Waals surface area (Å²) >= 11 is 0. The van der Waals surface area contributed by atoms with Gasteiger partial charge >= 0.3 is 5.97 Å². The molecule has 4 nitrogen and oxygen atoms in total. The fraction of sp³-hybridized carbons (Fsp3) is 0.100. The van der Waals surface area contributed by atoms with E-state index in [1.54, 1.807) is 24.3 Å². The van der Waals surface area contributed by atoms with Gasteiger partial charge < -0.3 is 10.2 Å². The number of hydrogen-bond donors (Lipinski definition) is 2. The van der Waals surface area contributed by atoms with Crippen molar-refractivity contribution in [2.45, 2.75) is 11.3 Å². The van der Waals surface area contributed by atoms with Crippen molar-refractivity contribution >= 4 is 22.5 Å². The molecule has 2 rings (SSSR count). The van der Waals surface area contributed by atoms with E-state index in [1.165, 1.54) is 0 Å². The number of aliphatic hydroxyl groups is 1. The van der Waals surface area contributed by atoms with Crippen molar-refractivity contribution in [1.29, 1.82) is 0 Å². The van der Waals surface area contributed by atoms with Crippen LogP contribution < -0.4 is 0 Å². The standard InChI is InChI=1S/C10H8O4S/c11-9(12)5-8-10(13)6-3-1-2-4-7(6)15(8)14/h1-4,13H,5H2,(H,11,12). The van der Waals surface area contributed by atoms with Crippen molar-refractivity contribution in [2.75, 3.05) is 0 Å². The highest BCUT2D eigenvalue weighted by Crippen LogP contribution is 2.35. The highest BCUT2D eigenvalue weighted by Gasteiger charge is 2.29. The zero-order valence-corrected chi connectivity index (χ0v) is 8.45. The van der Waals surface area contributed by atoms with Gasteiger partial charge in [-0.1, -0.05) is 12.1 Å². The van der Waals surface area contributed by atoms with Crippen molar-refractivity contribution in [3.8, 4) is 0 Å². The SMILES string of the molecule is O=C(O)CC1=C(O)c2ccccc2S1=O. The second-order valence-corrected chi connectivity index (χ2v) is 4.58. The van der Waals surface area contributed by atoms with Crippen molar-refractivity contribution < 1.29 is 19.2 Å². The van der Waals surface area contributed by atoms with Gasteiger partial charge in [0.25, 0.3) is 0 Å².